The zero-order valence-electron chi connectivity index (χ0n) is 36.9. The van der Waals surface area contributed by atoms with Crippen LogP contribution in [0.3, 0.4) is 0 Å². The predicted molar refractivity (Wildman–Crippen MR) is 273 cm³/mol. The minimum atomic E-state index is -0.165. The van der Waals surface area contributed by atoms with Crippen molar-refractivity contribution in [3.63, 3.8) is 0 Å². The van der Waals surface area contributed by atoms with E-state index in [-0.39, 0.29) is 10.8 Å². The molecule has 0 saturated carbocycles. The van der Waals surface area contributed by atoms with Crippen molar-refractivity contribution in [1.82, 2.24) is 0 Å². The van der Waals surface area contributed by atoms with Gasteiger partial charge >= 0.3 is 0 Å². The Balaban J connectivity index is 0.932. The van der Waals surface area contributed by atoms with E-state index in [0.29, 0.717) is 0 Å². The van der Waals surface area contributed by atoms with Gasteiger partial charge in [0.25, 0.3) is 0 Å². The number of hydrogen-bond donors (Lipinski definition) is 0. The van der Waals surface area contributed by atoms with Crippen molar-refractivity contribution >= 4 is 77.6 Å². The standard InChI is InChI=1S/C62H46N2O/c1-61(2)53-25-13-11-21-47(53)49-23-15-27-55(59(49)61)63(43-17-7-5-8-18-43)45-31-29-39-35-51-52-36-40-30-32-46(34-42(40)38-58(52)65-57(51)37-41(39)33-45)64(44-19-9-6-10-20-44)56-28-16-24-50-48-22-12-14-26-54(48)62(3,4)60(50)56/h5-38H,1-4H3. The molecule has 10 aromatic carbocycles. The van der Waals surface area contributed by atoms with Crippen LogP contribution in [-0.2, 0) is 10.8 Å². The summed E-state index contributed by atoms with van der Waals surface area (Å²) in [7, 11) is 0. The zero-order chi connectivity index (χ0) is 43.6. The van der Waals surface area contributed by atoms with Crippen molar-refractivity contribution in [3.8, 4) is 22.3 Å². The molecule has 3 nitrogen and oxygen atoms in total. The van der Waals surface area contributed by atoms with Crippen molar-refractivity contribution < 1.29 is 4.42 Å². The maximum atomic E-state index is 6.83. The molecule has 0 aliphatic heterocycles. The number of fused-ring (bicyclic) bond motifs is 11. The second-order valence-electron chi connectivity index (χ2n) is 18.9. The smallest absolute Gasteiger partial charge is 0.136 e. The van der Waals surface area contributed by atoms with Crippen molar-refractivity contribution in [2.24, 2.45) is 0 Å². The van der Waals surface area contributed by atoms with Gasteiger partial charge in [-0.05, 0) is 151 Å². The summed E-state index contributed by atoms with van der Waals surface area (Å²) in [6.45, 7) is 9.45. The monoisotopic (exact) mass is 834 g/mol. The van der Waals surface area contributed by atoms with Crippen LogP contribution in [-0.4, -0.2) is 0 Å². The molecule has 0 atom stereocenters. The van der Waals surface area contributed by atoms with Gasteiger partial charge in [-0.1, -0.05) is 149 Å². The maximum Gasteiger partial charge on any atom is 0.136 e. The average molecular weight is 835 g/mol. The fraction of sp³-hybridized carbons (Fsp3) is 0.0968. The van der Waals surface area contributed by atoms with E-state index in [1.807, 2.05) is 0 Å². The summed E-state index contributed by atoms with van der Waals surface area (Å²) < 4.78 is 6.83. The summed E-state index contributed by atoms with van der Waals surface area (Å²) in [5, 5.41) is 6.87. The Morgan fingerprint density at radius 3 is 1.17 bits per heavy atom. The number of para-hydroxylation sites is 2. The van der Waals surface area contributed by atoms with E-state index in [9.17, 15) is 0 Å². The summed E-state index contributed by atoms with van der Waals surface area (Å²) in [6.07, 6.45) is 0. The number of nitrogens with zero attached hydrogens (tertiary/aromatic N) is 2. The molecule has 11 aromatic rings. The Morgan fingerprint density at radius 2 is 0.723 bits per heavy atom. The van der Waals surface area contributed by atoms with Gasteiger partial charge in [0.1, 0.15) is 11.2 Å². The molecule has 2 aliphatic carbocycles. The first-order valence-corrected chi connectivity index (χ1v) is 22.7. The third-order valence-corrected chi connectivity index (χ3v) is 14.5. The molecule has 2 aliphatic rings. The van der Waals surface area contributed by atoms with Gasteiger partial charge in [0.05, 0.1) is 11.4 Å². The van der Waals surface area contributed by atoms with Crippen molar-refractivity contribution in [1.29, 1.82) is 0 Å². The number of hydrogen-bond acceptors (Lipinski definition) is 3. The normalized spacial score (nSPS) is 14.1. The first-order valence-electron chi connectivity index (χ1n) is 22.7. The van der Waals surface area contributed by atoms with Crippen molar-refractivity contribution in [2.75, 3.05) is 9.80 Å². The number of rotatable bonds is 6. The van der Waals surface area contributed by atoms with Gasteiger partial charge in [0.2, 0.25) is 0 Å². The second-order valence-corrected chi connectivity index (χ2v) is 18.9. The molecule has 0 saturated heterocycles. The van der Waals surface area contributed by atoms with Gasteiger partial charge in [-0.25, -0.2) is 0 Å². The Kier molecular flexibility index (Phi) is 8.00. The zero-order valence-corrected chi connectivity index (χ0v) is 36.9. The Labute approximate surface area is 379 Å². The highest BCUT2D eigenvalue weighted by atomic mass is 16.3. The first-order chi connectivity index (χ1) is 31.7. The molecule has 0 fully saturated rings. The fourth-order valence-electron chi connectivity index (χ4n) is 11.5. The lowest BCUT2D eigenvalue weighted by molar-refractivity contribution is 0.660. The molecular weight excluding hydrogens is 789 g/mol. The van der Waals surface area contributed by atoms with E-state index < -0.39 is 0 Å². The third kappa shape index (κ3) is 5.55. The number of anilines is 6. The second kappa shape index (κ2) is 13.8. The first kappa shape index (κ1) is 37.7. The van der Waals surface area contributed by atoms with E-state index >= 15 is 0 Å². The van der Waals surface area contributed by atoms with E-state index in [0.717, 1.165) is 55.5 Å². The lowest BCUT2D eigenvalue weighted by atomic mass is 9.81. The Bertz CT molecular complexity index is 3480. The Hall–Kier alpha value is -7.88. The van der Waals surface area contributed by atoms with Crippen LogP contribution in [0.5, 0.6) is 0 Å². The highest BCUT2D eigenvalue weighted by molar-refractivity contribution is 6.14. The minimum Gasteiger partial charge on any atom is -0.456 e. The van der Waals surface area contributed by atoms with Crippen LogP contribution >= 0.6 is 0 Å². The molecule has 0 radical (unpaired) electrons. The highest BCUT2D eigenvalue weighted by Crippen LogP contribution is 2.56. The van der Waals surface area contributed by atoms with E-state index in [1.165, 1.54) is 66.7 Å². The predicted octanol–water partition coefficient (Wildman–Crippen LogP) is 17.4. The van der Waals surface area contributed by atoms with Gasteiger partial charge in [-0.3, -0.25) is 0 Å². The molecule has 3 heteroatoms. The fourth-order valence-corrected chi connectivity index (χ4v) is 11.5. The van der Waals surface area contributed by atoms with Crippen LogP contribution in [0.15, 0.2) is 211 Å². The van der Waals surface area contributed by atoms with Crippen LogP contribution in [0.4, 0.5) is 34.1 Å². The minimum absolute atomic E-state index is 0.165. The third-order valence-electron chi connectivity index (χ3n) is 14.5. The molecule has 1 heterocycles. The largest absolute Gasteiger partial charge is 0.456 e. The van der Waals surface area contributed by atoms with Gasteiger partial charge in [-0.15, -0.1) is 0 Å². The van der Waals surface area contributed by atoms with Gasteiger partial charge in [0.15, 0.2) is 0 Å². The lowest BCUT2D eigenvalue weighted by Gasteiger charge is -2.32. The maximum absolute atomic E-state index is 6.83. The number of furan rings is 1. The summed E-state index contributed by atoms with van der Waals surface area (Å²) in [4.78, 5) is 4.86. The quantitative estimate of drug-likeness (QED) is 0.166. The van der Waals surface area contributed by atoms with E-state index in [4.69, 9.17) is 4.42 Å². The van der Waals surface area contributed by atoms with Crippen LogP contribution in [0, 0.1) is 0 Å². The van der Waals surface area contributed by atoms with Crippen LogP contribution in [0.1, 0.15) is 49.9 Å². The molecule has 0 bridgehead atoms. The summed E-state index contributed by atoms with van der Waals surface area (Å²) in [5.74, 6) is 0. The van der Waals surface area contributed by atoms with Gasteiger partial charge in [0, 0.05) is 44.4 Å². The molecular formula is C62H46N2O. The summed E-state index contributed by atoms with van der Waals surface area (Å²) >= 11 is 0. The van der Waals surface area contributed by atoms with E-state index in [1.54, 1.807) is 0 Å². The molecule has 13 rings (SSSR count). The summed E-state index contributed by atoms with van der Waals surface area (Å²) in [5.41, 5.74) is 19.0. The van der Waals surface area contributed by atoms with Crippen LogP contribution < -0.4 is 9.80 Å². The molecule has 310 valence electrons. The van der Waals surface area contributed by atoms with Gasteiger partial charge < -0.3 is 14.2 Å². The van der Waals surface area contributed by atoms with Crippen molar-refractivity contribution in [3.05, 3.63) is 229 Å². The van der Waals surface area contributed by atoms with E-state index in [2.05, 4.69) is 244 Å². The molecule has 0 N–H and O–H groups in total. The lowest BCUT2D eigenvalue weighted by Crippen LogP contribution is -2.20. The molecule has 0 amide bonds. The molecule has 0 unspecified atom stereocenters. The topological polar surface area (TPSA) is 19.6 Å². The van der Waals surface area contributed by atoms with Gasteiger partial charge in [-0.2, -0.15) is 0 Å². The Morgan fingerprint density at radius 1 is 0.323 bits per heavy atom. The average Bonchev–Trinajstić information content (AvgIpc) is 3.89. The number of benzene rings is 10. The molecule has 1 aromatic heterocycles. The summed E-state index contributed by atoms with van der Waals surface area (Å²) in [6, 6.07) is 75.7. The molecule has 0 spiro atoms. The van der Waals surface area contributed by atoms with Crippen LogP contribution in [0.2, 0.25) is 0 Å². The molecule has 65 heavy (non-hydrogen) atoms. The highest BCUT2D eigenvalue weighted by Gasteiger charge is 2.40. The van der Waals surface area contributed by atoms with Crippen molar-refractivity contribution in [2.45, 2.75) is 38.5 Å². The SMILES string of the molecule is CC1(C)c2ccccc2-c2cccc(N(c3ccccc3)c3ccc4cc5c(cc4c3)oc3cc4cc(N(c6ccccc6)c6cccc7c6C(C)(C)c6ccccc6-7)ccc4cc35)c21. The van der Waals surface area contributed by atoms with Crippen LogP contribution in [0.25, 0.3) is 65.7 Å².